The molecule has 2 aliphatic rings. The van der Waals surface area contributed by atoms with Gasteiger partial charge < -0.3 is 31.7 Å². The van der Waals surface area contributed by atoms with Gasteiger partial charge in [-0.25, -0.2) is 0 Å². The summed E-state index contributed by atoms with van der Waals surface area (Å²) in [7, 11) is 3.16. The quantitative estimate of drug-likeness (QED) is 0.174. The van der Waals surface area contributed by atoms with Gasteiger partial charge in [0.25, 0.3) is 5.91 Å². The van der Waals surface area contributed by atoms with E-state index in [9.17, 15) is 29.1 Å². The van der Waals surface area contributed by atoms with Crippen LogP contribution in [0.3, 0.4) is 0 Å². The Morgan fingerprint density at radius 3 is 2.17 bits per heavy atom. The Labute approximate surface area is 273 Å². The van der Waals surface area contributed by atoms with E-state index in [1.165, 1.54) is 4.90 Å². The SMILES string of the molecule is CC(C)CC1CC(C(=O)NC(CC2CC2)C(=O)C(=O)NCC(=O)NC(C(=O)N(C)C)c2ccccc2)N(C(O)C([NH3+])C(C)(C)C)C1. The van der Waals surface area contributed by atoms with Crippen molar-refractivity contribution in [2.75, 3.05) is 27.2 Å². The molecule has 1 saturated carbocycles. The summed E-state index contributed by atoms with van der Waals surface area (Å²) in [5.74, 6) is -2.37. The van der Waals surface area contributed by atoms with Crippen molar-refractivity contribution < 1.29 is 34.8 Å². The fourth-order valence-corrected chi connectivity index (χ4v) is 6.01. The fourth-order valence-electron chi connectivity index (χ4n) is 6.01. The van der Waals surface area contributed by atoms with Crippen molar-refractivity contribution in [1.82, 2.24) is 25.8 Å². The number of carbonyl (C=O) groups excluding carboxylic acids is 5. The van der Waals surface area contributed by atoms with E-state index in [4.69, 9.17) is 0 Å². The molecule has 1 saturated heterocycles. The van der Waals surface area contributed by atoms with Gasteiger partial charge in [-0.15, -0.1) is 0 Å². The lowest BCUT2D eigenvalue weighted by Crippen LogP contribution is -2.75. The van der Waals surface area contributed by atoms with Gasteiger partial charge in [-0.1, -0.05) is 77.8 Å². The molecule has 0 radical (unpaired) electrons. The molecular weight excluding hydrogens is 588 g/mol. The highest BCUT2D eigenvalue weighted by Gasteiger charge is 2.46. The highest BCUT2D eigenvalue weighted by molar-refractivity contribution is 6.38. The molecule has 1 aromatic rings. The van der Waals surface area contributed by atoms with Crippen molar-refractivity contribution >= 4 is 29.4 Å². The molecule has 6 atom stereocenters. The highest BCUT2D eigenvalue weighted by atomic mass is 16.3. The maximum atomic E-state index is 13.8. The third-order valence-corrected chi connectivity index (χ3v) is 9.00. The number of quaternary nitrogens is 1. The van der Waals surface area contributed by atoms with E-state index >= 15 is 0 Å². The van der Waals surface area contributed by atoms with Crippen molar-refractivity contribution in [1.29, 1.82) is 0 Å². The number of aliphatic hydroxyl groups excluding tert-OH is 1. The van der Waals surface area contributed by atoms with E-state index in [2.05, 4.69) is 35.5 Å². The minimum absolute atomic E-state index is 0.191. The maximum Gasteiger partial charge on any atom is 0.290 e. The number of Topliss-reactive ketones (excluding diaryl/α,β-unsaturated/α-hetero) is 1. The van der Waals surface area contributed by atoms with Crippen LogP contribution >= 0.6 is 0 Å². The van der Waals surface area contributed by atoms with Gasteiger partial charge in [-0.05, 0) is 42.6 Å². The van der Waals surface area contributed by atoms with E-state index in [1.54, 1.807) is 49.3 Å². The molecule has 1 aliphatic heterocycles. The molecule has 12 nitrogen and oxygen atoms in total. The summed E-state index contributed by atoms with van der Waals surface area (Å²) < 4.78 is 0. The molecule has 0 spiro atoms. The molecule has 3 rings (SSSR count). The predicted octanol–water partition coefficient (Wildman–Crippen LogP) is 0.614. The second kappa shape index (κ2) is 16.0. The standard InChI is InChI=1S/C34H54N6O6/c1-20(2)15-22-17-25(40(19-22)33(46)29(35)34(3,4)5)30(43)37-24(16-21-13-14-21)28(42)31(44)36-18-26(41)38-27(32(45)39(6)7)23-11-9-8-10-12-23/h8-12,20-22,24-25,27,29,33,46H,13-19,35H2,1-7H3,(H,36,44)(H,37,43)(H,38,41)/p+1. The zero-order valence-corrected chi connectivity index (χ0v) is 28.5. The number of hydrogen-bond acceptors (Lipinski definition) is 7. The van der Waals surface area contributed by atoms with Gasteiger partial charge in [0.15, 0.2) is 6.23 Å². The lowest BCUT2D eigenvalue weighted by atomic mass is 9.86. The number of amides is 4. The van der Waals surface area contributed by atoms with Crippen LogP contribution in [0.25, 0.3) is 0 Å². The monoisotopic (exact) mass is 643 g/mol. The summed E-state index contributed by atoms with van der Waals surface area (Å²) in [6.07, 6.45) is 2.61. The third-order valence-electron chi connectivity index (χ3n) is 9.00. The predicted molar refractivity (Wildman–Crippen MR) is 174 cm³/mol. The van der Waals surface area contributed by atoms with E-state index < -0.39 is 54.4 Å². The summed E-state index contributed by atoms with van der Waals surface area (Å²) in [4.78, 5) is 68.9. The summed E-state index contributed by atoms with van der Waals surface area (Å²) >= 11 is 0. The van der Waals surface area contributed by atoms with Crippen molar-refractivity contribution in [2.45, 2.75) is 97.1 Å². The molecule has 1 aliphatic carbocycles. The van der Waals surface area contributed by atoms with Gasteiger partial charge in [0.1, 0.15) is 12.1 Å². The lowest BCUT2D eigenvalue weighted by Gasteiger charge is -2.36. The largest absolute Gasteiger partial charge is 0.372 e. The number of aliphatic hydroxyl groups is 1. The molecule has 256 valence electrons. The molecule has 46 heavy (non-hydrogen) atoms. The van der Waals surface area contributed by atoms with Crippen molar-refractivity contribution in [3.63, 3.8) is 0 Å². The molecule has 4 amide bonds. The topological polar surface area (TPSA) is 176 Å². The minimum atomic E-state index is -1.06. The first-order valence-electron chi connectivity index (χ1n) is 16.4. The molecule has 2 fully saturated rings. The number of benzene rings is 1. The minimum Gasteiger partial charge on any atom is -0.372 e. The number of likely N-dealkylation sites (N-methyl/N-ethyl adjacent to an activating group) is 1. The molecule has 1 aromatic carbocycles. The summed E-state index contributed by atoms with van der Waals surface area (Å²) in [6.45, 7) is 10.3. The Balaban J connectivity index is 1.68. The van der Waals surface area contributed by atoms with E-state index in [1.807, 2.05) is 20.8 Å². The van der Waals surface area contributed by atoms with Crippen LogP contribution in [0.1, 0.15) is 78.3 Å². The van der Waals surface area contributed by atoms with Gasteiger partial charge in [0, 0.05) is 26.1 Å². The van der Waals surface area contributed by atoms with Crippen LogP contribution in [0.2, 0.25) is 0 Å². The first-order valence-corrected chi connectivity index (χ1v) is 16.4. The van der Waals surface area contributed by atoms with Crippen molar-refractivity contribution in [3.8, 4) is 0 Å². The van der Waals surface area contributed by atoms with Crippen LogP contribution in [-0.4, -0.2) is 95.9 Å². The van der Waals surface area contributed by atoms with Crippen molar-refractivity contribution in [2.24, 2.45) is 23.2 Å². The Morgan fingerprint density at radius 2 is 1.63 bits per heavy atom. The third kappa shape index (κ3) is 10.3. The molecule has 0 aromatic heterocycles. The Bertz CT molecular complexity index is 1230. The zero-order valence-electron chi connectivity index (χ0n) is 28.5. The number of carbonyl (C=O) groups is 5. The number of hydrogen-bond donors (Lipinski definition) is 5. The summed E-state index contributed by atoms with van der Waals surface area (Å²) in [5.41, 5.74) is 4.48. The van der Waals surface area contributed by atoms with Crippen LogP contribution in [0.4, 0.5) is 0 Å². The number of ketones is 1. The Hall–Kier alpha value is -3.35. The van der Waals surface area contributed by atoms with Gasteiger partial charge in [0.2, 0.25) is 23.5 Å². The molecule has 7 N–H and O–H groups in total. The van der Waals surface area contributed by atoms with Gasteiger partial charge in [-0.2, -0.15) is 0 Å². The van der Waals surface area contributed by atoms with Gasteiger partial charge in [0.05, 0.1) is 18.6 Å². The van der Waals surface area contributed by atoms with Crippen LogP contribution in [0, 0.1) is 23.2 Å². The molecule has 0 bridgehead atoms. The van der Waals surface area contributed by atoms with E-state index in [-0.39, 0.29) is 29.2 Å². The summed E-state index contributed by atoms with van der Waals surface area (Å²) in [5, 5.41) is 19.2. The average Bonchev–Trinajstić information content (AvgIpc) is 3.72. The van der Waals surface area contributed by atoms with Crippen molar-refractivity contribution in [3.05, 3.63) is 35.9 Å². The zero-order chi connectivity index (χ0) is 34.3. The maximum absolute atomic E-state index is 13.8. The second-order valence-electron chi connectivity index (χ2n) is 14.8. The average molecular weight is 644 g/mol. The van der Waals surface area contributed by atoms with Crippen LogP contribution in [0.5, 0.6) is 0 Å². The lowest BCUT2D eigenvalue weighted by molar-refractivity contribution is -0.471. The van der Waals surface area contributed by atoms with Crippen LogP contribution < -0.4 is 21.7 Å². The first-order chi connectivity index (χ1) is 21.5. The highest BCUT2D eigenvalue weighted by Crippen LogP contribution is 2.35. The van der Waals surface area contributed by atoms with Crippen LogP contribution in [0.15, 0.2) is 30.3 Å². The number of nitrogens with one attached hydrogen (secondary N) is 3. The molecule has 1 heterocycles. The Kier molecular flexibility index (Phi) is 12.9. The van der Waals surface area contributed by atoms with E-state index in [0.29, 0.717) is 30.9 Å². The van der Waals surface area contributed by atoms with Crippen LogP contribution in [-0.2, 0) is 24.0 Å². The molecular formula is C34H55N6O6+. The number of rotatable bonds is 15. The normalized spacial score (nSPS) is 21.2. The molecule has 12 heteroatoms. The molecule has 6 unspecified atom stereocenters. The van der Waals surface area contributed by atoms with Gasteiger partial charge >= 0.3 is 0 Å². The van der Waals surface area contributed by atoms with E-state index in [0.717, 1.165) is 19.3 Å². The first kappa shape index (κ1) is 37.1. The number of likely N-dealkylation sites (tertiary alicyclic amines) is 1. The fraction of sp³-hybridized carbons (Fsp3) is 0.676. The number of nitrogens with zero attached hydrogens (tertiary/aromatic N) is 2. The smallest absolute Gasteiger partial charge is 0.290 e. The second-order valence-corrected chi connectivity index (χ2v) is 14.8. The Morgan fingerprint density at radius 1 is 1.00 bits per heavy atom. The summed E-state index contributed by atoms with van der Waals surface area (Å²) in [6, 6.07) is 5.69. The van der Waals surface area contributed by atoms with Gasteiger partial charge in [-0.3, -0.25) is 28.9 Å².